The molecule has 7 aromatic carbocycles. The third-order valence-corrected chi connectivity index (χ3v) is 14.5. The van der Waals surface area contributed by atoms with Gasteiger partial charge in [0.05, 0.1) is 12.7 Å². The van der Waals surface area contributed by atoms with E-state index in [9.17, 15) is 1.37 Å². The summed E-state index contributed by atoms with van der Waals surface area (Å²) in [5, 5.41) is 0. The minimum absolute atomic E-state index is 0.0123. The molecule has 0 saturated heterocycles. The molecule has 3 aliphatic rings. The van der Waals surface area contributed by atoms with Gasteiger partial charge < -0.3 is 14.5 Å². The van der Waals surface area contributed by atoms with Crippen LogP contribution in [0.2, 0.25) is 0 Å². The molecule has 0 aromatic heterocycles. The van der Waals surface area contributed by atoms with Crippen molar-refractivity contribution in [1.82, 2.24) is 0 Å². The minimum Gasteiger partial charge on any atom is -0.458 e. The summed E-state index contributed by atoms with van der Waals surface area (Å²) in [6.07, 6.45) is 0. The fraction of sp³-hybridized carbons (Fsp3) is 0.311. The summed E-state index contributed by atoms with van der Waals surface area (Å²) in [4.78, 5) is 5.02. The molecule has 0 atom stereocenters. The summed E-state index contributed by atoms with van der Waals surface area (Å²) in [7, 11) is 0. The summed E-state index contributed by atoms with van der Waals surface area (Å²) in [6, 6.07) is 50.6. The van der Waals surface area contributed by atoms with Crippen molar-refractivity contribution >= 4 is 57.2 Å². The smallest absolute Gasteiger partial charge is 0.256 e. The molecule has 0 unspecified atom stereocenters. The molecular formula is C61H65BN2O. The van der Waals surface area contributed by atoms with Gasteiger partial charge in [-0.25, -0.2) is 0 Å². The van der Waals surface area contributed by atoms with E-state index in [1.807, 2.05) is 6.07 Å². The molecule has 4 heteroatoms. The molecule has 0 fully saturated rings. The van der Waals surface area contributed by atoms with Crippen molar-refractivity contribution in [2.45, 2.75) is 124 Å². The minimum atomic E-state index is -0.303. The number of hydrogen-bond donors (Lipinski definition) is 0. The monoisotopic (exact) mass is 854 g/mol. The van der Waals surface area contributed by atoms with Gasteiger partial charge in [-0.2, -0.15) is 0 Å². The molecule has 1 aliphatic carbocycles. The molecule has 2 heterocycles. The van der Waals surface area contributed by atoms with Gasteiger partial charge in [-0.3, -0.25) is 0 Å². The molecule has 10 rings (SSSR count). The molecule has 7 aromatic rings. The van der Waals surface area contributed by atoms with Gasteiger partial charge in [0, 0.05) is 33.7 Å². The Balaban J connectivity index is 1.40. The summed E-state index contributed by atoms with van der Waals surface area (Å²) in [5.41, 5.74) is 19.8. The van der Waals surface area contributed by atoms with E-state index in [4.69, 9.17) is 4.74 Å². The van der Waals surface area contributed by atoms with Crippen LogP contribution in [0.3, 0.4) is 0 Å². The van der Waals surface area contributed by atoms with E-state index in [1.54, 1.807) is 0 Å². The number of nitrogens with zero attached hydrogens (tertiary/aromatic N) is 2. The van der Waals surface area contributed by atoms with Gasteiger partial charge in [-0.05, 0) is 132 Å². The quantitative estimate of drug-likeness (QED) is 0.164. The molecule has 0 N–H and O–H groups in total. The lowest BCUT2D eigenvalue weighted by Crippen LogP contribution is -2.60. The van der Waals surface area contributed by atoms with Crippen molar-refractivity contribution in [2.75, 3.05) is 9.80 Å². The van der Waals surface area contributed by atoms with Gasteiger partial charge in [0.25, 0.3) is 6.71 Å². The van der Waals surface area contributed by atoms with Crippen LogP contribution in [0.5, 0.6) is 11.5 Å². The van der Waals surface area contributed by atoms with Gasteiger partial charge in [-0.15, -0.1) is 0 Å². The van der Waals surface area contributed by atoms with Crippen molar-refractivity contribution in [3.05, 3.63) is 173 Å². The van der Waals surface area contributed by atoms with Gasteiger partial charge in [-0.1, -0.05) is 182 Å². The van der Waals surface area contributed by atoms with Crippen LogP contribution in [0.1, 0.15) is 132 Å². The van der Waals surface area contributed by atoms with Crippen LogP contribution in [0.15, 0.2) is 140 Å². The number of anilines is 6. The van der Waals surface area contributed by atoms with Gasteiger partial charge >= 0.3 is 0 Å². The molecule has 0 spiro atoms. The fourth-order valence-corrected chi connectivity index (χ4v) is 10.6. The Hall–Kier alpha value is -6.00. The summed E-state index contributed by atoms with van der Waals surface area (Å²) < 4.78 is 16.4. The predicted octanol–water partition coefficient (Wildman–Crippen LogP) is 15.1. The Bertz CT molecular complexity index is 3010. The highest BCUT2D eigenvalue weighted by Gasteiger charge is 2.48. The van der Waals surface area contributed by atoms with E-state index in [0.717, 1.165) is 56.5 Å². The van der Waals surface area contributed by atoms with Crippen LogP contribution >= 0.6 is 0 Å². The van der Waals surface area contributed by atoms with E-state index in [2.05, 4.69) is 234 Å². The molecule has 328 valence electrons. The average molecular weight is 854 g/mol. The third-order valence-electron chi connectivity index (χ3n) is 14.5. The van der Waals surface area contributed by atoms with Gasteiger partial charge in [0.1, 0.15) is 11.5 Å². The van der Waals surface area contributed by atoms with Crippen LogP contribution < -0.4 is 30.9 Å². The largest absolute Gasteiger partial charge is 0.458 e. The number of benzene rings is 7. The highest BCUT2D eigenvalue weighted by atomic mass is 16.5. The first-order chi connectivity index (χ1) is 30.9. The van der Waals surface area contributed by atoms with Crippen molar-refractivity contribution in [3.8, 4) is 22.6 Å². The zero-order valence-corrected chi connectivity index (χ0v) is 41.1. The second kappa shape index (κ2) is 14.5. The second-order valence-corrected chi connectivity index (χ2v) is 23.5. The summed E-state index contributed by atoms with van der Waals surface area (Å²) >= 11 is 0. The van der Waals surface area contributed by atoms with Crippen LogP contribution in [0.25, 0.3) is 11.1 Å². The van der Waals surface area contributed by atoms with Crippen LogP contribution in [-0.4, -0.2) is 6.71 Å². The van der Waals surface area contributed by atoms with E-state index < -0.39 is 0 Å². The SMILES string of the molecule is [2H]c1cc2c3c(c1)N(c1ccc(C(C)(C)C)cc1)c1c(cc4c(c1N(c1ccc(C(C)(C)C)cc1)c1ccc(C(C)(C)C)cc1)-c1ccccc1C4(C)C)B3c1cc(C(C)(C)C)ccc1O2. The van der Waals surface area contributed by atoms with Crippen LogP contribution in [0.4, 0.5) is 34.1 Å². The van der Waals surface area contributed by atoms with Crippen molar-refractivity contribution < 1.29 is 6.11 Å². The molecule has 0 saturated carbocycles. The topological polar surface area (TPSA) is 15.7 Å². The van der Waals surface area contributed by atoms with Crippen LogP contribution in [0, 0.1) is 0 Å². The Morgan fingerprint density at radius 2 is 1.06 bits per heavy atom. The maximum absolute atomic E-state index is 9.42. The Morgan fingerprint density at radius 1 is 0.538 bits per heavy atom. The summed E-state index contributed by atoms with van der Waals surface area (Å²) in [6.45, 7) is 32.1. The lowest BCUT2D eigenvalue weighted by Gasteiger charge is -2.44. The maximum atomic E-state index is 9.42. The standard InChI is InChI=1S/C61H65BN2O/c1-57(2,3)38-22-29-42(30-23-38)63(43-31-24-39(25-32-43)58(4,5)6)56-53-45-18-15-16-19-46(45)61(13,14)47(53)37-49-55(56)64(44-33-26-40(27-34-44)59(7,8)9)50-20-17-21-52-54(50)62(49)48-36-41(60(10,11)12)28-35-51(48)65-52/h15-37H,1-14H3/i17D. The normalized spacial score (nSPS) is 15.0. The van der Waals surface area contributed by atoms with Gasteiger partial charge in [0.2, 0.25) is 0 Å². The average Bonchev–Trinajstić information content (AvgIpc) is 3.47. The fourth-order valence-electron chi connectivity index (χ4n) is 10.6. The second-order valence-electron chi connectivity index (χ2n) is 23.5. The first kappa shape index (κ1) is 41.7. The number of rotatable bonds is 4. The molecule has 65 heavy (non-hydrogen) atoms. The van der Waals surface area contributed by atoms with E-state index >= 15 is 0 Å². The summed E-state index contributed by atoms with van der Waals surface area (Å²) in [5.74, 6) is 1.60. The molecule has 0 radical (unpaired) electrons. The molecule has 3 nitrogen and oxygen atoms in total. The van der Waals surface area contributed by atoms with Crippen LogP contribution in [-0.2, 0) is 27.1 Å². The molecule has 0 amide bonds. The number of ether oxygens (including phenoxy) is 1. The zero-order valence-electron chi connectivity index (χ0n) is 42.1. The van der Waals surface area contributed by atoms with E-state index in [0.29, 0.717) is 6.04 Å². The Kier molecular flexibility index (Phi) is 9.30. The van der Waals surface area contributed by atoms with Crippen molar-refractivity contribution in [3.63, 3.8) is 0 Å². The Morgan fingerprint density at radius 3 is 1.62 bits per heavy atom. The third kappa shape index (κ3) is 6.93. The molecular weight excluding hydrogens is 787 g/mol. The predicted molar refractivity (Wildman–Crippen MR) is 279 cm³/mol. The molecule has 2 aliphatic heterocycles. The van der Waals surface area contributed by atoms with Gasteiger partial charge in [0.15, 0.2) is 0 Å². The number of hydrogen-bond acceptors (Lipinski definition) is 3. The van der Waals surface area contributed by atoms with Crippen molar-refractivity contribution in [1.29, 1.82) is 0 Å². The lowest BCUT2D eigenvalue weighted by atomic mass is 9.33. The lowest BCUT2D eigenvalue weighted by molar-refractivity contribution is 0.486. The molecule has 0 bridgehead atoms. The van der Waals surface area contributed by atoms with E-state index in [-0.39, 0.29) is 33.8 Å². The first-order valence-electron chi connectivity index (χ1n) is 24.1. The highest BCUT2D eigenvalue weighted by molar-refractivity contribution is 6.99. The first-order valence-corrected chi connectivity index (χ1v) is 23.6. The zero-order chi connectivity index (χ0) is 47.0. The van der Waals surface area contributed by atoms with E-state index in [1.165, 1.54) is 50.0 Å². The maximum Gasteiger partial charge on any atom is 0.256 e. The Labute approximate surface area is 391 Å². The number of fused-ring (bicyclic) bond motifs is 7. The van der Waals surface area contributed by atoms with Crippen molar-refractivity contribution in [2.24, 2.45) is 0 Å². The highest BCUT2D eigenvalue weighted by Crippen LogP contribution is 2.59.